The summed E-state index contributed by atoms with van der Waals surface area (Å²) in [4.78, 5) is 11.9. The van der Waals surface area contributed by atoms with Crippen molar-refractivity contribution in [3.63, 3.8) is 0 Å². The molecule has 0 aliphatic rings. The van der Waals surface area contributed by atoms with Crippen LogP contribution >= 0.6 is 0 Å². The van der Waals surface area contributed by atoms with Crippen LogP contribution in [-0.4, -0.2) is 54.0 Å². The van der Waals surface area contributed by atoms with Gasteiger partial charge in [0.1, 0.15) is 12.3 Å². The normalized spacial score (nSPS) is 11.0. The molecular weight excluding hydrogens is 308 g/mol. The molecule has 1 amide bonds. The monoisotopic (exact) mass is 330 g/mol. The van der Waals surface area contributed by atoms with Crippen LogP contribution < -0.4 is 14.4 Å². The van der Waals surface area contributed by atoms with Gasteiger partial charge in [0, 0.05) is 13.7 Å². The first-order chi connectivity index (χ1) is 10.4. The molecule has 0 atom stereocenters. The molecule has 0 aliphatic carbocycles. The van der Waals surface area contributed by atoms with Crippen molar-refractivity contribution in [2.75, 3.05) is 44.0 Å². The molecule has 22 heavy (non-hydrogen) atoms. The van der Waals surface area contributed by atoms with Gasteiger partial charge in [0.2, 0.25) is 15.9 Å². The molecule has 0 saturated heterocycles. The number of hydrogen-bond donors (Lipinski definition) is 1. The molecule has 0 heterocycles. The van der Waals surface area contributed by atoms with Gasteiger partial charge in [-0.1, -0.05) is 0 Å². The zero-order chi connectivity index (χ0) is 16.6. The zero-order valence-corrected chi connectivity index (χ0v) is 13.9. The van der Waals surface area contributed by atoms with Gasteiger partial charge in [0.05, 0.1) is 25.2 Å². The molecule has 0 fully saturated rings. The summed E-state index contributed by atoms with van der Waals surface area (Å²) in [7, 11) is -0.506. The SMILES string of the molecule is CCS(=O)(=O)N(CC(=O)NCCOC)c1ccc(OC)cc1. The number of nitrogens with one attached hydrogen (secondary N) is 1. The fraction of sp³-hybridized carbons (Fsp3) is 0.500. The maximum atomic E-state index is 12.2. The second kappa shape index (κ2) is 8.60. The second-order valence-corrected chi connectivity index (χ2v) is 6.63. The van der Waals surface area contributed by atoms with Crippen molar-refractivity contribution in [2.24, 2.45) is 0 Å². The minimum atomic E-state index is -3.56. The molecule has 0 bridgehead atoms. The Morgan fingerprint density at radius 1 is 1.23 bits per heavy atom. The van der Waals surface area contributed by atoms with Crippen molar-refractivity contribution in [1.82, 2.24) is 5.32 Å². The number of nitrogens with zero attached hydrogens (tertiary/aromatic N) is 1. The average Bonchev–Trinajstić information content (AvgIpc) is 2.53. The molecule has 1 rings (SSSR count). The second-order valence-electron chi connectivity index (χ2n) is 4.45. The fourth-order valence-electron chi connectivity index (χ4n) is 1.73. The molecule has 0 spiro atoms. The Balaban J connectivity index is 2.91. The summed E-state index contributed by atoms with van der Waals surface area (Å²) in [5.41, 5.74) is 0.421. The number of carbonyl (C=O) groups excluding carboxylic acids is 1. The van der Waals surface area contributed by atoms with Gasteiger partial charge in [-0.3, -0.25) is 9.10 Å². The molecule has 0 unspecified atom stereocenters. The number of ether oxygens (including phenoxy) is 2. The number of anilines is 1. The lowest BCUT2D eigenvalue weighted by Gasteiger charge is -2.23. The maximum Gasteiger partial charge on any atom is 0.240 e. The molecule has 1 aromatic rings. The van der Waals surface area contributed by atoms with Crippen molar-refractivity contribution >= 4 is 21.6 Å². The van der Waals surface area contributed by atoms with E-state index in [2.05, 4.69) is 5.32 Å². The quantitative estimate of drug-likeness (QED) is 0.671. The molecule has 7 nitrogen and oxygen atoms in total. The number of amides is 1. The van der Waals surface area contributed by atoms with E-state index in [1.165, 1.54) is 21.1 Å². The van der Waals surface area contributed by atoms with Gasteiger partial charge in [0.25, 0.3) is 0 Å². The molecule has 8 heteroatoms. The van der Waals surface area contributed by atoms with E-state index in [0.717, 1.165) is 4.31 Å². The third-order valence-corrected chi connectivity index (χ3v) is 4.72. The Hall–Kier alpha value is -1.80. The van der Waals surface area contributed by atoms with E-state index in [0.29, 0.717) is 24.6 Å². The molecular formula is C14H22N2O5S. The van der Waals surface area contributed by atoms with Gasteiger partial charge in [-0.15, -0.1) is 0 Å². The molecule has 124 valence electrons. The van der Waals surface area contributed by atoms with Gasteiger partial charge in [-0.05, 0) is 31.2 Å². The Morgan fingerprint density at radius 3 is 2.36 bits per heavy atom. The van der Waals surface area contributed by atoms with E-state index < -0.39 is 10.0 Å². The Labute approximate surface area is 131 Å². The molecule has 0 radical (unpaired) electrons. The standard InChI is InChI=1S/C14H22N2O5S/c1-4-22(18,19)16(11-14(17)15-9-10-20-2)12-5-7-13(21-3)8-6-12/h5-8H,4,9-11H2,1-3H3,(H,15,17). The van der Waals surface area contributed by atoms with Crippen molar-refractivity contribution in [1.29, 1.82) is 0 Å². The first kappa shape index (κ1) is 18.2. The topological polar surface area (TPSA) is 84.9 Å². The predicted molar refractivity (Wildman–Crippen MR) is 84.7 cm³/mol. The van der Waals surface area contributed by atoms with E-state index in [1.54, 1.807) is 24.3 Å². The van der Waals surface area contributed by atoms with Gasteiger partial charge in [0.15, 0.2) is 0 Å². The summed E-state index contributed by atoms with van der Waals surface area (Å²) in [5.74, 6) is 0.136. The van der Waals surface area contributed by atoms with Crippen molar-refractivity contribution < 1.29 is 22.7 Å². The smallest absolute Gasteiger partial charge is 0.240 e. The van der Waals surface area contributed by atoms with Gasteiger partial charge >= 0.3 is 0 Å². The predicted octanol–water partition coefficient (Wildman–Crippen LogP) is 0.614. The lowest BCUT2D eigenvalue weighted by Crippen LogP contribution is -2.42. The summed E-state index contributed by atoms with van der Waals surface area (Å²) in [6.45, 7) is 1.97. The molecule has 0 saturated carbocycles. The summed E-state index contributed by atoms with van der Waals surface area (Å²) in [6, 6.07) is 6.51. The summed E-state index contributed by atoms with van der Waals surface area (Å²) in [6.07, 6.45) is 0. The van der Waals surface area contributed by atoms with Crippen molar-refractivity contribution in [3.05, 3.63) is 24.3 Å². The lowest BCUT2D eigenvalue weighted by atomic mass is 10.3. The van der Waals surface area contributed by atoms with Crippen LogP contribution in [0.15, 0.2) is 24.3 Å². The highest BCUT2D eigenvalue weighted by molar-refractivity contribution is 7.92. The number of methoxy groups -OCH3 is 2. The average molecular weight is 330 g/mol. The molecule has 0 aliphatic heterocycles. The van der Waals surface area contributed by atoms with E-state index in [9.17, 15) is 13.2 Å². The third kappa shape index (κ3) is 5.19. The van der Waals surface area contributed by atoms with Crippen LogP contribution in [0.3, 0.4) is 0 Å². The van der Waals surface area contributed by atoms with Crippen LogP contribution in [0, 0.1) is 0 Å². The number of hydrogen-bond acceptors (Lipinski definition) is 5. The number of carbonyl (C=O) groups is 1. The van der Waals surface area contributed by atoms with Crippen LogP contribution in [0.4, 0.5) is 5.69 Å². The Kier molecular flexibility index (Phi) is 7.13. The molecule has 0 aromatic heterocycles. The highest BCUT2D eigenvalue weighted by Crippen LogP contribution is 2.21. The maximum absolute atomic E-state index is 12.2. The summed E-state index contributed by atoms with van der Waals surface area (Å²) in [5, 5.41) is 2.61. The highest BCUT2D eigenvalue weighted by Gasteiger charge is 2.23. The van der Waals surface area contributed by atoms with Crippen LogP contribution in [-0.2, 0) is 19.6 Å². The van der Waals surface area contributed by atoms with Crippen LogP contribution in [0.2, 0.25) is 0 Å². The van der Waals surface area contributed by atoms with Crippen LogP contribution in [0.25, 0.3) is 0 Å². The number of benzene rings is 1. The minimum absolute atomic E-state index is 0.0929. The van der Waals surface area contributed by atoms with Crippen molar-refractivity contribution in [2.45, 2.75) is 6.92 Å². The molecule has 1 aromatic carbocycles. The van der Waals surface area contributed by atoms with E-state index in [-0.39, 0.29) is 18.2 Å². The fourth-order valence-corrected chi connectivity index (χ4v) is 2.80. The summed E-state index contributed by atoms with van der Waals surface area (Å²) < 4.78 is 35.4. The van der Waals surface area contributed by atoms with E-state index in [1.807, 2.05) is 0 Å². The lowest BCUT2D eigenvalue weighted by molar-refractivity contribution is -0.119. The first-order valence-electron chi connectivity index (χ1n) is 6.84. The Morgan fingerprint density at radius 2 is 1.86 bits per heavy atom. The van der Waals surface area contributed by atoms with Gasteiger partial charge < -0.3 is 14.8 Å². The largest absolute Gasteiger partial charge is 0.497 e. The van der Waals surface area contributed by atoms with Crippen LogP contribution in [0.1, 0.15) is 6.92 Å². The number of sulfonamides is 1. The highest BCUT2D eigenvalue weighted by atomic mass is 32.2. The Bertz CT molecular complexity index is 571. The third-order valence-electron chi connectivity index (χ3n) is 2.98. The van der Waals surface area contributed by atoms with Crippen LogP contribution in [0.5, 0.6) is 5.75 Å². The van der Waals surface area contributed by atoms with E-state index >= 15 is 0 Å². The first-order valence-corrected chi connectivity index (χ1v) is 8.45. The van der Waals surface area contributed by atoms with Crippen molar-refractivity contribution in [3.8, 4) is 5.75 Å². The summed E-state index contributed by atoms with van der Waals surface area (Å²) >= 11 is 0. The molecule has 1 N–H and O–H groups in total. The zero-order valence-electron chi connectivity index (χ0n) is 13.0. The van der Waals surface area contributed by atoms with Gasteiger partial charge in [-0.25, -0.2) is 8.42 Å². The minimum Gasteiger partial charge on any atom is -0.497 e. The van der Waals surface area contributed by atoms with E-state index in [4.69, 9.17) is 9.47 Å². The number of rotatable bonds is 9. The van der Waals surface area contributed by atoms with Gasteiger partial charge in [-0.2, -0.15) is 0 Å².